The molecule has 2 amide bonds. The summed E-state index contributed by atoms with van der Waals surface area (Å²) in [7, 11) is 0. The van der Waals surface area contributed by atoms with Gasteiger partial charge in [-0.2, -0.15) is 0 Å². The second-order valence-corrected chi connectivity index (χ2v) is 10.3. The molecule has 0 aliphatic carbocycles. The van der Waals surface area contributed by atoms with Gasteiger partial charge in [-0.3, -0.25) is 14.4 Å². The summed E-state index contributed by atoms with van der Waals surface area (Å²) in [6, 6.07) is 14.1. The Balaban J connectivity index is 1.73. The lowest BCUT2D eigenvalue weighted by atomic mass is 10.00. The van der Waals surface area contributed by atoms with E-state index in [1.165, 1.54) is 0 Å². The van der Waals surface area contributed by atoms with E-state index in [4.69, 9.17) is 12.2 Å². The molecule has 0 spiro atoms. The average Bonchev–Trinajstić information content (AvgIpc) is 2.76. The van der Waals surface area contributed by atoms with Crippen LogP contribution in [0.3, 0.4) is 0 Å². The van der Waals surface area contributed by atoms with E-state index in [2.05, 4.69) is 24.5 Å². The topological polar surface area (TPSA) is 75.3 Å². The van der Waals surface area contributed by atoms with Gasteiger partial charge in [0.25, 0.3) is 5.91 Å². The van der Waals surface area contributed by atoms with Gasteiger partial charge >= 0.3 is 0 Å². The van der Waals surface area contributed by atoms with Crippen LogP contribution >= 0.6 is 24.0 Å². The highest BCUT2D eigenvalue weighted by Gasteiger charge is 2.12. The highest BCUT2D eigenvalue weighted by Crippen LogP contribution is 2.20. The molecule has 170 valence electrons. The summed E-state index contributed by atoms with van der Waals surface area (Å²) in [5, 5.41) is 6.09. The molecule has 2 rings (SSSR count). The van der Waals surface area contributed by atoms with Crippen molar-refractivity contribution in [2.75, 3.05) is 11.9 Å². The number of nitrogens with one attached hydrogen (secondary N) is 2. The van der Waals surface area contributed by atoms with Crippen LogP contribution in [0.4, 0.5) is 5.69 Å². The molecule has 7 heteroatoms. The average molecular weight is 471 g/mol. The van der Waals surface area contributed by atoms with Crippen molar-refractivity contribution < 1.29 is 14.4 Å². The normalized spacial score (nSPS) is 10.8. The van der Waals surface area contributed by atoms with Crippen LogP contribution in [0.15, 0.2) is 48.5 Å². The van der Waals surface area contributed by atoms with Gasteiger partial charge in [0.05, 0.1) is 4.20 Å². The molecule has 0 heterocycles. The molecule has 2 aromatic carbocycles. The van der Waals surface area contributed by atoms with Gasteiger partial charge in [-0.25, -0.2) is 0 Å². The zero-order valence-electron chi connectivity index (χ0n) is 18.9. The lowest BCUT2D eigenvalue weighted by Crippen LogP contribution is -2.25. The summed E-state index contributed by atoms with van der Waals surface area (Å²) < 4.78 is 0.842. The molecule has 0 atom stereocenters. The van der Waals surface area contributed by atoms with Gasteiger partial charge in [0.2, 0.25) is 5.91 Å². The van der Waals surface area contributed by atoms with Gasteiger partial charge in [0.15, 0.2) is 5.78 Å². The smallest absolute Gasteiger partial charge is 0.251 e. The Labute approximate surface area is 199 Å². The number of rotatable bonds is 10. The first-order valence-corrected chi connectivity index (χ1v) is 12.0. The fourth-order valence-corrected chi connectivity index (χ4v) is 4.28. The van der Waals surface area contributed by atoms with Gasteiger partial charge < -0.3 is 10.6 Å². The number of carbonyl (C=O) groups excluding carboxylic acids is 3. The van der Waals surface area contributed by atoms with E-state index in [-0.39, 0.29) is 23.5 Å². The van der Waals surface area contributed by atoms with E-state index in [0.29, 0.717) is 35.8 Å². The predicted molar refractivity (Wildman–Crippen MR) is 137 cm³/mol. The molecule has 0 fully saturated rings. The van der Waals surface area contributed by atoms with Crippen LogP contribution in [0.2, 0.25) is 0 Å². The number of amides is 2. The Morgan fingerprint density at radius 3 is 2.00 bits per heavy atom. The number of Topliss-reactive ketones (excluding diaryl/α,β-unsaturated/α-hetero) is 1. The SMILES string of the molecule is CC(C)SC(=S)c1ccc(NC(=O)CCCNC(=O)c2ccc(C(=O)C(C)C)cc2)cc1. The molecule has 0 saturated heterocycles. The Bertz CT molecular complexity index is 952. The third-order valence-electron chi connectivity index (χ3n) is 4.57. The molecule has 0 unspecified atom stereocenters. The van der Waals surface area contributed by atoms with Gasteiger partial charge in [0, 0.05) is 40.9 Å². The highest BCUT2D eigenvalue weighted by atomic mass is 32.2. The lowest BCUT2D eigenvalue weighted by molar-refractivity contribution is -0.116. The number of hydrogen-bond donors (Lipinski definition) is 2. The van der Waals surface area contributed by atoms with Crippen LogP contribution in [0.1, 0.15) is 66.8 Å². The molecule has 5 nitrogen and oxygen atoms in total. The van der Waals surface area contributed by atoms with Crippen molar-refractivity contribution in [2.24, 2.45) is 5.92 Å². The largest absolute Gasteiger partial charge is 0.352 e. The van der Waals surface area contributed by atoms with Crippen molar-refractivity contribution in [1.82, 2.24) is 5.32 Å². The third-order valence-corrected chi connectivity index (χ3v) is 6.01. The summed E-state index contributed by atoms with van der Waals surface area (Å²) in [5.41, 5.74) is 2.78. The summed E-state index contributed by atoms with van der Waals surface area (Å²) in [6.07, 6.45) is 0.820. The molecule has 0 aliphatic heterocycles. The van der Waals surface area contributed by atoms with E-state index in [0.717, 1.165) is 15.4 Å². The van der Waals surface area contributed by atoms with Crippen LogP contribution in [-0.4, -0.2) is 33.6 Å². The van der Waals surface area contributed by atoms with Crippen molar-refractivity contribution in [1.29, 1.82) is 0 Å². The Kier molecular flexibility index (Phi) is 10.1. The van der Waals surface area contributed by atoms with Crippen molar-refractivity contribution in [3.8, 4) is 0 Å². The van der Waals surface area contributed by atoms with Gasteiger partial charge in [0.1, 0.15) is 0 Å². The third kappa shape index (κ3) is 8.20. The van der Waals surface area contributed by atoms with E-state index in [1.807, 2.05) is 38.1 Å². The van der Waals surface area contributed by atoms with Gasteiger partial charge in [-0.1, -0.05) is 64.2 Å². The minimum absolute atomic E-state index is 0.0507. The molecule has 0 radical (unpaired) electrons. The Morgan fingerprint density at radius 1 is 0.875 bits per heavy atom. The lowest BCUT2D eigenvalue weighted by Gasteiger charge is -2.09. The highest BCUT2D eigenvalue weighted by molar-refractivity contribution is 8.24. The second-order valence-electron chi connectivity index (χ2n) is 8.04. The maximum absolute atomic E-state index is 12.2. The number of thioether (sulfide) groups is 1. The monoisotopic (exact) mass is 470 g/mol. The molecule has 2 N–H and O–H groups in total. The summed E-state index contributed by atoms with van der Waals surface area (Å²) in [6.45, 7) is 8.27. The van der Waals surface area contributed by atoms with Gasteiger partial charge in [-0.15, -0.1) is 11.8 Å². The standard InChI is InChI=1S/C25H30N2O3S2/c1-16(2)23(29)18-7-9-19(10-8-18)24(30)26-15-5-6-22(28)27-21-13-11-20(12-14-21)25(31)32-17(3)4/h7-14,16-17H,5-6,15H2,1-4H3,(H,26,30)(H,27,28). The number of hydrogen-bond acceptors (Lipinski definition) is 5. The van der Waals surface area contributed by atoms with Crippen LogP contribution in [0.5, 0.6) is 0 Å². The first-order valence-electron chi connectivity index (χ1n) is 10.7. The van der Waals surface area contributed by atoms with Crippen LogP contribution in [-0.2, 0) is 4.79 Å². The van der Waals surface area contributed by atoms with Crippen molar-refractivity contribution in [3.05, 3.63) is 65.2 Å². The quantitative estimate of drug-likeness (QED) is 0.273. The molecular formula is C25H30N2O3S2. The van der Waals surface area contributed by atoms with E-state index in [1.54, 1.807) is 36.0 Å². The number of benzene rings is 2. The second kappa shape index (κ2) is 12.5. The zero-order chi connectivity index (χ0) is 23.7. The fraction of sp³-hybridized carbons (Fsp3) is 0.360. The van der Waals surface area contributed by atoms with E-state index in [9.17, 15) is 14.4 Å². The van der Waals surface area contributed by atoms with Crippen LogP contribution in [0, 0.1) is 5.92 Å². The van der Waals surface area contributed by atoms with Crippen molar-refractivity contribution >= 4 is 51.5 Å². The summed E-state index contributed by atoms with van der Waals surface area (Å²) in [5.74, 6) is -0.364. The fourth-order valence-electron chi connectivity index (χ4n) is 2.87. The molecule has 32 heavy (non-hydrogen) atoms. The summed E-state index contributed by atoms with van der Waals surface area (Å²) >= 11 is 7.05. The van der Waals surface area contributed by atoms with Crippen molar-refractivity contribution in [3.63, 3.8) is 0 Å². The minimum atomic E-state index is -0.222. The molecule has 0 aliphatic rings. The molecule has 0 saturated carbocycles. The predicted octanol–water partition coefficient (Wildman–Crippen LogP) is 5.49. The molecule has 0 bridgehead atoms. The maximum Gasteiger partial charge on any atom is 0.251 e. The first-order chi connectivity index (χ1) is 15.2. The van der Waals surface area contributed by atoms with Crippen LogP contribution in [0.25, 0.3) is 0 Å². The summed E-state index contributed by atoms with van der Waals surface area (Å²) in [4.78, 5) is 36.4. The molecule has 2 aromatic rings. The number of anilines is 1. The number of thiocarbonyl (C=S) groups is 1. The molecule has 0 aromatic heterocycles. The molecular weight excluding hydrogens is 440 g/mol. The number of ketones is 1. The zero-order valence-corrected chi connectivity index (χ0v) is 20.6. The van der Waals surface area contributed by atoms with E-state index >= 15 is 0 Å². The first kappa shape index (κ1) is 25.7. The van der Waals surface area contributed by atoms with Crippen LogP contribution < -0.4 is 10.6 Å². The Hall–Kier alpha value is -2.51. The Morgan fingerprint density at radius 2 is 1.44 bits per heavy atom. The minimum Gasteiger partial charge on any atom is -0.352 e. The van der Waals surface area contributed by atoms with Crippen molar-refractivity contribution in [2.45, 2.75) is 45.8 Å². The maximum atomic E-state index is 12.2. The van der Waals surface area contributed by atoms with E-state index < -0.39 is 0 Å². The number of carbonyl (C=O) groups is 3. The van der Waals surface area contributed by atoms with Gasteiger partial charge in [-0.05, 0) is 36.2 Å².